The number of morpholine rings is 1. The number of rotatable bonds is 4. The molecule has 0 radical (unpaired) electrons. The van der Waals surface area contributed by atoms with E-state index in [1.165, 1.54) is 0 Å². The fraction of sp³-hybridized carbons (Fsp3) is 0.364. The number of aromatic nitrogens is 4. The summed E-state index contributed by atoms with van der Waals surface area (Å²) >= 11 is 0. The molecule has 2 aliphatic rings. The van der Waals surface area contributed by atoms with Gasteiger partial charge in [0.25, 0.3) is 0 Å². The van der Waals surface area contributed by atoms with Gasteiger partial charge in [-0.25, -0.2) is 19.9 Å². The van der Waals surface area contributed by atoms with Crippen molar-refractivity contribution in [3.05, 3.63) is 55.1 Å². The molecule has 0 amide bonds. The monoisotopic (exact) mass is 403 g/mol. The highest BCUT2D eigenvalue weighted by molar-refractivity contribution is 5.62. The molecule has 5 rings (SSSR count). The second-order valence-corrected chi connectivity index (χ2v) is 7.44. The van der Waals surface area contributed by atoms with E-state index in [-0.39, 0.29) is 0 Å². The maximum absolute atomic E-state index is 5.45. The fourth-order valence-corrected chi connectivity index (χ4v) is 3.93. The Labute approximate surface area is 176 Å². The fourth-order valence-electron chi connectivity index (χ4n) is 3.93. The van der Waals surface area contributed by atoms with Crippen LogP contribution in [0.3, 0.4) is 0 Å². The lowest BCUT2D eigenvalue weighted by atomic mass is 10.1. The van der Waals surface area contributed by atoms with E-state index in [2.05, 4.69) is 58.9 Å². The molecule has 0 atom stereocenters. The average molecular weight is 403 g/mol. The Morgan fingerprint density at radius 2 is 1.13 bits per heavy atom. The minimum atomic E-state index is 0.752. The Morgan fingerprint density at radius 3 is 1.77 bits per heavy atom. The summed E-state index contributed by atoms with van der Waals surface area (Å²) in [5.74, 6) is 2.94. The summed E-state index contributed by atoms with van der Waals surface area (Å²) in [5, 5.41) is 0. The molecule has 154 valence electrons. The first-order valence-corrected chi connectivity index (χ1v) is 10.4. The van der Waals surface area contributed by atoms with Gasteiger partial charge in [0.2, 0.25) is 0 Å². The van der Waals surface area contributed by atoms with Crippen LogP contribution in [-0.4, -0.2) is 72.4 Å². The molecule has 1 aromatic carbocycles. The zero-order valence-electron chi connectivity index (χ0n) is 16.9. The van der Waals surface area contributed by atoms with Crippen LogP contribution in [0.5, 0.6) is 0 Å². The molecule has 2 aliphatic heterocycles. The molecular weight excluding hydrogens is 378 g/mol. The first kappa shape index (κ1) is 18.7. The highest BCUT2D eigenvalue weighted by atomic mass is 16.5. The number of nitrogens with zero attached hydrogens (tertiary/aromatic N) is 7. The van der Waals surface area contributed by atoms with Gasteiger partial charge >= 0.3 is 0 Å². The van der Waals surface area contributed by atoms with E-state index < -0.39 is 0 Å². The molecule has 0 N–H and O–H groups in total. The van der Waals surface area contributed by atoms with E-state index >= 15 is 0 Å². The van der Waals surface area contributed by atoms with Crippen molar-refractivity contribution in [3.8, 4) is 11.3 Å². The molecule has 2 aromatic heterocycles. The van der Waals surface area contributed by atoms with Crippen molar-refractivity contribution in [2.45, 2.75) is 0 Å². The second kappa shape index (κ2) is 8.62. The Balaban J connectivity index is 1.26. The second-order valence-electron chi connectivity index (χ2n) is 7.44. The first-order chi connectivity index (χ1) is 14.9. The number of benzene rings is 1. The Hall–Kier alpha value is -3.26. The number of anilines is 3. The lowest BCUT2D eigenvalue weighted by molar-refractivity contribution is 0.122. The first-order valence-electron chi connectivity index (χ1n) is 10.4. The van der Waals surface area contributed by atoms with Crippen LogP contribution >= 0.6 is 0 Å². The average Bonchev–Trinajstić information content (AvgIpc) is 2.85. The highest BCUT2D eigenvalue weighted by Gasteiger charge is 2.21. The van der Waals surface area contributed by atoms with Crippen LogP contribution in [0.4, 0.5) is 17.5 Å². The molecule has 8 heteroatoms. The molecule has 3 aromatic rings. The lowest BCUT2D eigenvalue weighted by Crippen LogP contribution is -2.47. The summed E-state index contributed by atoms with van der Waals surface area (Å²) in [6, 6.07) is 14.4. The maximum Gasteiger partial charge on any atom is 0.134 e. The van der Waals surface area contributed by atoms with Gasteiger partial charge in [-0.15, -0.1) is 0 Å². The molecule has 2 saturated heterocycles. The van der Waals surface area contributed by atoms with Gasteiger partial charge < -0.3 is 19.4 Å². The van der Waals surface area contributed by atoms with Crippen molar-refractivity contribution in [2.24, 2.45) is 0 Å². The predicted octanol–water partition coefficient (Wildman–Crippen LogP) is 2.10. The molecule has 0 saturated carbocycles. The van der Waals surface area contributed by atoms with E-state index in [1.807, 2.05) is 18.2 Å². The zero-order valence-corrected chi connectivity index (χ0v) is 16.9. The highest BCUT2D eigenvalue weighted by Crippen LogP contribution is 2.23. The Morgan fingerprint density at radius 1 is 0.600 bits per heavy atom. The number of hydrogen-bond donors (Lipinski definition) is 0. The van der Waals surface area contributed by atoms with Crippen molar-refractivity contribution in [2.75, 3.05) is 67.2 Å². The van der Waals surface area contributed by atoms with Crippen molar-refractivity contribution < 1.29 is 4.74 Å². The summed E-state index contributed by atoms with van der Waals surface area (Å²) < 4.78 is 5.45. The number of piperazine rings is 1. The third-order valence-corrected chi connectivity index (χ3v) is 5.62. The summed E-state index contributed by atoms with van der Waals surface area (Å²) in [7, 11) is 0. The minimum Gasteiger partial charge on any atom is -0.378 e. The van der Waals surface area contributed by atoms with Crippen LogP contribution in [0.2, 0.25) is 0 Å². The van der Waals surface area contributed by atoms with Crippen molar-refractivity contribution in [1.82, 2.24) is 19.9 Å². The minimum absolute atomic E-state index is 0.752. The zero-order chi connectivity index (χ0) is 20.2. The van der Waals surface area contributed by atoms with Crippen molar-refractivity contribution >= 4 is 17.5 Å². The van der Waals surface area contributed by atoms with Gasteiger partial charge in [0.05, 0.1) is 18.9 Å². The molecular formula is C22H25N7O. The quantitative estimate of drug-likeness (QED) is 0.656. The van der Waals surface area contributed by atoms with Gasteiger partial charge in [0.1, 0.15) is 30.1 Å². The molecule has 0 bridgehead atoms. The normalized spacial score (nSPS) is 17.3. The Kier molecular flexibility index (Phi) is 5.39. The number of hydrogen-bond acceptors (Lipinski definition) is 8. The van der Waals surface area contributed by atoms with Gasteiger partial charge in [-0.3, -0.25) is 0 Å². The molecule has 0 aliphatic carbocycles. The number of ether oxygens (including phenoxy) is 1. The molecule has 30 heavy (non-hydrogen) atoms. The molecule has 0 spiro atoms. The van der Waals surface area contributed by atoms with E-state index in [4.69, 9.17) is 4.74 Å². The van der Waals surface area contributed by atoms with Crippen LogP contribution in [0, 0.1) is 0 Å². The smallest absolute Gasteiger partial charge is 0.134 e. The topological polar surface area (TPSA) is 70.5 Å². The van der Waals surface area contributed by atoms with Crippen LogP contribution in [0.25, 0.3) is 11.3 Å². The Bertz CT molecular complexity index is 970. The molecule has 8 nitrogen and oxygen atoms in total. The van der Waals surface area contributed by atoms with Gasteiger partial charge in [-0.05, 0) is 0 Å². The van der Waals surface area contributed by atoms with Gasteiger partial charge in [0.15, 0.2) is 0 Å². The van der Waals surface area contributed by atoms with E-state index in [9.17, 15) is 0 Å². The summed E-state index contributed by atoms with van der Waals surface area (Å²) in [6.07, 6.45) is 3.33. The van der Waals surface area contributed by atoms with Gasteiger partial charge in [-0.1, -0.05) is 30.3 Å². The standard InChI is InChI=1S/C22H25N7O/c1-2-4-18(5-3-1)19-14-20(24-16-23-19)27-6-8-28(9-7-27)21-15-22(26-17-25-21)29-10-12-30-13-11-29/h1-5,14-17H,6-13H2. The van der Waals surface area contributed by atoms with Crippen LogP contribution in [-0.2, 0) is 4.74 Å². The predicted molar refractivity (Wildman–Crippen MR) is 117 cm³/mol. The lowest BCUT2D eigenvalue weighted by Gasteiger charge is -2.36. The maximum atomic E-state index is 5.45. The van der Waals surface area contributed by atoms with Gasteiger partial charge in [-0.2, -0.15) is 0 Å². The summed E-state index contributed by atoms with van der Waals surface area (Å²) in [4.78, 5) is 24.8. The third kappa shape index (κ3) is 4.04. The van der Waals surface area contributed by atoms with E-state index in [0.717, 1.165) is 81.2 Å². The van der Waals surface area contributed by atoms with Crippen LogP contribution in [0.15, 0.2) is 55.1 Å². The largest absolute Gasteiger partial charge is 0.378 e. The summed E-state index contributed by atoms with van der Waals surface area (Å²) in [6.45, 7) is 6.83. The summed E-state index contributed by atoms with van der Waals surface area (Å²) in [5.41, 5.74) is 2.06. The third-order valence-electron chi connectivity index (χ3n) is 5.62. The molecule has 0 unspecified atom stereocenters. The van der Waals surface area contributed by atoms with Crippen molar-refractivity contribution in [3.63, 3.8) is 0 Å². The SMILES string of the molecule is c1ccc(-c2cc(N3CCN(c4cc(N5CCOCC5)ncn4)CC3)ncn2)cc1. The van der Waals surface area contributed by atoms with Crippen LogP contribution < -0.4 is 14.7 Å². The van der Waals surface area contributed by atoms with Crippen LogP contribution in [0.1, 0.15) is 0 Å². The van der Waals surface area contributed by atoms with E-state index in [1.54, 1.807) is 12.7 Å². The van der Waals surface area contributed by atoms with Crippen molar-refractivity contribution in [1.29, 1.82) is 0 Å². The molecule has 2 fully saturated rings. The van der Waals surface area contributed by atoms with E-state index in [0.29, 0.717) is 0 Å². The molecule has 4 heterocycles. The van der Waals surface area contributed by atoms with Gasteiger partial charge in [0, 0.05) is 57.0 Å².